The van der Waals surface area contributed by atoms with Crippen molar-refractivity contribution in [3.63, 3.8) is 0 Å². The summed E-state index contributed by atoms with van der Waals surface area (Å²) in [6.45, 7) is 1.73. The number of carbonyl (C=O) groups excluding carboxylic acids is 1. The molecule has 0 aromatic rings. The highest BCUT2D eigenvalue weighted by molar-refractivity contribution is 7.92. The lowest BCUT2D eigenvalue weighted by Crippen LogP contribution is -2.40. The van der Waals surface area contributed by atoms with E-state index in [9.17, 15) is 13.2 Å². The van der Waals surface area contributed by atoms with E-state index in [1.807, 2.05) is 0 Å². The molecule has 1 fully saturated rings. The van der Waals surface area contributed by atoms with Crippen molar-refractivity contribution in [1.82, 2.24) is 5.32 Å². The Morgan fingerprint density at radius 3 is 2.47 bits per heavy atom. The highest BCUT2D eigenvalue weighted by atomic mass is 35.5. The van der Waals surface area contributed by atoms with Crippen molar-refractivity contribution >= 4 is 27.3 Å². The van der Waals surface area contributed by atoms with Gasteiger partial charge in [0.05, 0.1) is 5.38 Å². The van der Waals surface area contributed by atoms with Gasteiger partial charge in [0.2, 0.25) is 5.91 Å². The van der Waals surface area contributed by atoms with E-state index < -0.39 is 21.0 Å². The fraction of sp³-hybridized carbons (Fsp3) is 0.889. The van der Waals surface area contributed by atoms with Crippen molar-refractivity contribution in [2.45, 2.75) is 30.4 Å². The summed E-state index contributed by atoms with van der Waals surface area (Å²) in [5, 5.41) is 1.49. The maximum absolute atomic E-state index is 11.4. The van der Waals surface area contributed by atoms with Gasteiger partial charge in [-0.2, -0.15) is 0 Å². The largest absolute Gasteiger partial charge is 0.353 e. The molecule has 1 amide bonds. The highest BCUT2D eigenvalue weighted by Gasteiger charge is 2.31. The van der Waals surface area contributed by atoms with E-state index in [2.05, 4.69) is 5.32 Å². The van der Waals surface area contributed by atoms with Crippen molar-refractivity contribution in [1.29, 1.82) is 0 Å². The van der Waals surface area contributed by atoms with Crippen LogP contribution in [-0.4, -0.2) is 37.8 Å². The minimum atomic E-state index is -3.31. The van der Waals surface area contributed by atoms with Crippen LogP contribution in [0.2, 0.25) is 0 Å². The molecule has 0 aromatic heterocycles. The van der Waals surface area contributed by atoms with Gasteiger partial charge in [0.15, 0.2) is 9.84 Å². The molecule has 0 aromatic carbocycles. The lowest BCUT2D eigenvalue weighted by Gasteiger charge is -2.12. The molecule has 0 bridgehead atoms. The van der Waals surface area contributed by atoms with Gasteiger partial charge in [-0.05, 0) is 25.7 Å². The highest BCUT2D eigenvalue weighted by Crippen LogP contribution is 2.35. The number of rotatable bonds is 5. The average molecular weight is 254 g/mol. The normalized spacial score (nSPS) is 20.7. The molecule has 88 valence electrons. The second-order valence-corrected chi connectivity index (χ2v) is 7.00. The molecule has 2 unspecified atom stereocenters. The predicted octanol–water partition coefficient (Wildman–Crippen LogP) is 0.553. The van der Waals surface area contributed by atoms with Gasteiger partial charge in [0.1, 0.15) is 5.25 Å². The number of amides is 1. The molecule has 1 aliphatic carbocycles. The second kappa shape index (κ2) is 4.70. The van der Waals surface area contributed by atoms with Crippen molar-refractivity contribution in [3.8, 4) is 0 Å². The number of halogens is 1. The Morgan fingerprint density at radius 2 is 2.07 bits per heavy atom. The van der Waals surface area contributed by atoms with E-state index in [0.29, 0.717) is 12.5 Å². The Bertz CT molecular complexity index is 337. The van der Waals surface area contributed by atoms with E-state index in [0.717, 1.165) is 19.1 Å². The number of carbonyl (C=O) groups is 1. The molecule has 2 atom stereocenters. The fourth-order valence-electron chi connectivity index (χ4n) is 1.16. The van der Waals surface area contributed by atoms with E-state index in [1.54, 1.807) is 0 Å². The van der Waals surface area contributed by atoms with Crippen molar-refractivity contribution in [2.24, 2.45) is 5.92 Å². The summed E-state index contributed by atoms with van der Waals surface area (Å²) in [5.41, 5.74) is 0. The number of nitrogens with one attached hydrogen (secondary N) is 1. The van der Waals surface area contributed by atoms with E-state index >= 15 is 0 Å². The van der Waals surface area contributed by atoms with E-state index in [4.69, 9.17) is 11.6 Å². The first-order valence-electron chi connectivity index (χ1n) is 4.93. The van der Waals surface area contributed by atoms with Gasteiger partial charge in [-0.3, -0.25) is 4.79 Å². The Labute approximate surface area is 95.3 Å². The summed E-state index contributed by atoms with van der Waals surface area (Å²) in [5.74, 6) is 0.0179. The topological polar surface area (TPSA) is 63.2 Å². The van der Waals surface area contributed by atoms with Crippen LogP contribution >= 0.6 is 11.6 Å². The number of hydrogen-bond donors (Lipinski definition) is 1. The minimum Gasteiger partial charge on any atom is -0.353 e. The number of alkyl halides is 1. The third kappa shape index (κ3) is 3.99. The van der Waals surface area contributed by atoms with Crippen LogP contribution in [0, 0.1) is 5.92 Å². The van der Waals surface area contributed by atoms with E-state index in [1.165, 1.54) is 6.92 Å². The van der Waals surface area contributed by atoms with Gasteiger partial charge in [0.25, 0.3) is 0 Å². The zero-order chi connectivity index (χ0) is 11.6. The first-order chi connectivity index (χ1) is 6.82. The molecular formula is C9H16ClNO3S. The Morgan fingerprint density at radius 1 is 1.53 bits per heavy atom. The van der Waals surface area contributed by atoms with Crippen LogP contribution in [0.15, 0.2) is 0 Å². The summed E-state index contributed by atoms with van der Waals surface area (Å²) in [6.07, 6.45) is 3.26. The average Bonchev–Trinajstić information content (AvgIpc) is 2.93. The summed E-state index contributed by atoms with van der Waals surface area (Å²) in [4.78, 5) is 11.4. The van der Waals surface area contributed by atoms with Crippen molar-refractivity contribution < 1.29 is 13.2 Å². The monoisotopic (exact) mass is 253 g/mol. The zero-order valence-corrected chi connectivity index (χ0v) is 10.4. The zero-order valence-electron chi connectivity index (χ0n) is 8.86. The van der Waals surface area contributed by atoms with Crippen LogP contribution in [0.5, 0.6) is 0 Å². The number of hydrogen-bond acceptors (Lipinski definition) is 3. The molecule has 15 heavy (non-hydrogen) atoms. The third-order valence-corrected chi connectivity index (χ3v) is 4.63. The lowest BCUT2D eigenvalue weighted by atomic mass is 10.3. The first-order valence-corrected chi connectivity index (χ1v) is 7.32. The molecule has 1 rings (SSSR count). The maximum atomic E-state index is 11.4. The van der Waals surface area contributed by atoms with Crippen LogP contribution < -0.4 is 5.32 Å². The summed E-state index contributed by atoms with van der Waals surface area (Å²) < 4.78 is 22.1. The molecule has 0 heterocycles. The van der Waals surface area contributed by atoms with Crippen molar-refractivity contribution in [2.75, 3.05) is 12.8 Å². The molecule has 1 saturated carbocycles. The van der Waals surface area contributed by atoms with Crippen LogP contribution in [0.1, 0.15) is 19.8 Å². The Hall–Kier alpha value is -0.290. The molecule has 0 spiro atoms. The van der Waals surface area contributed by atoms with Gasteiger partial charge in [-0.25, -0.2) is 8.42 Å². The van der Waals surface area contributed by atoms with Gasteiger partial charge >= 0.3 is 0 Å². The van der Waals surface area contributed by atoms with Gasteiger partial charge in [-0.15, -0.1) is 11.6 Å². The van der Waals surface area contributed by atoms with Crippen LogP contribution in [0.25, 0.3) is 0 Å². The first kappa shape index (κ1) is 12.8. The predicted molar refractivity (Wildman–Crippen MR) is 59.7 cm³/mol. The second-order valence-electron chi connectivity index (χ2n) is 4.07. The van der Waals surface area contributed by atoms with Crippen molar-refractivity contribution in [3.05, 3.63) is 0 Å². The van der Waals surface area contributed by atoms with Gasteiger partial charge < -0.3 is 5.32 Å². The van der Waals surface area contributed by atoms with Gasteiger partial charge in [-0.1, -0.05) is 0 Å². The summed E-state index contributed by atoms with van der Waals surface area (Å²) in [7, 11) is -3.31. The lowest BCUT2D eigenvalue weighted by molar-refractivity contribution is -0.120. The quantitative estimate of drug-likeness (QED) is 0.728. The fourth-order valence-corrected chi connectivity index (χ4v) is 1.96. The molecule has 6 heteroatoms. The molecule has 0 aliphatic heterocycles. The molecule has 4 nitrogen and oxygen atoms in total. The third-order valence-electron chi connectivity index (χ3n) is 2.62. The standard InChI is InChI=1S/C9H16ClNO3S/c1-6(15(2,13)14)9(12)11-5-8(10)7-3-4-7/h6-8H,3-5H2,1-2H3,(H,11,12). The maximum Gasteiger partial charge on any atom is 0.238 e. The summed E-state index contributed by atoms with van der Waals surface area (Å²) >= 11 is 5.98. The Kier molecular flexibility index (Phi) is 4.00. The summed E-state index contributed by atoms with van der Waals surface area (Å²) in [6, 6.07) is 0. The van der Waals surface area contributed by atoms with E-state index in [-0.39, 0.29) is 5.38 Å². The molecule has 0 saturated heterocycles. The van der Waals surface area contributed by atoms with Crippen LogP contribution in [0.3, 0.4) is 0 Å². The van der Waals surface area contributed by atoms with Crippen LogP contribution in [0.4, 0.5) is 0 Å². The minimum absolute atomic E-state index is 0.0688. The molecule has 1 N–H and O–H groups in total. The SMILES string of the molecule is CC(C(=O)NCC(Cl)C1CC1)S(C)(=O)=O. The van der Waals surface area contributed by atoms with Crippen LogP contribution in [-0.2, 0) is 14.6 Å². The molecule has 0 radical (unpaired) electrons. The molecule has 1 aliphatic rings. The smallest absolute Gasteiger partial charge is 0.238 e. The Balaban J connectivity index is 2.35. The molecular weight excluding hydrogens is 238 g/mol. The number of sulfone groups is 1. The van der Waals surface area contributed by atoms with Gasteiger partial charge in [0, 0.05) is 12.8 Å².